The van der Waals surface area contributed by atoms with Gasteiger partial charge >= 0.3 is 0 Å². The van der Waals surface area contributed by atoms with Crippen molar-refractivity contribution in [3.63, 3.8) is 0 Å². The Hall–Kier alpha value is -1.33. The zero-order valence-electron chi connectivity index (χ0n) is 12.8. The summed E-state index contributed by atoms with van der Waals surface area (Å²) in [4.78, 5) is 6.05. The molecule has 5 heteroatoms. The van der Waals surface area contributed by atoms with Gasteiger partial charge in [-0.25, -0.2) is 0 Å². The highest BCUT2D eigenvalue weighted by atomic mass is 32.1. The predicted octanol–water partition coefficient (Wildman–Crippen LogP) is 4.23. The molecule has 2 N–H and O–H groups in total. The maximum atomic E-state index is 4.72. The molecule has 0 spiro atoms. The van der Waals surface area contributed by atoms with Crippen LogP contribution in [0.5, 0.6) is 0 Å². The van der Waals surface area contributed by atoms with Crippen molar-refractivity contribution in [2.75, 3.05) is 13.1 Å². The highest BCUT2D eigenvalue weighted by Gasteiger charge is 2.10. The largest absolute Gasteiger partial charge is 0.357 e. The molecule has 0 aliphatic carbocycles. The van der Waals surface area contributed by atoms with Gasteiger partial charge in [-0.1, -0.05) is 13.0 Å². The Kier molecular flexibility index (Phi) is 6.26. The number of nitrogens with one attached hydrogen (secondary N) is 2. The Balaban J connectivity index is 1.95. The van der Waals surface area contributed by atoms with Crippen LogP contribution >= 0.6 is 22.7 Å². The molecule has 0 amide bonds. The number of nitrogens with zero attached hydrogens (tertiary/aromatic N) is 1. The summed E-state index contributed by atoms with van der Waals surface area (Å²) in [6, 6.07) is 6.69. The van der Waals surface area contributed by atoms with Gasteiger partial charge in [0.05, 0.1) is 6.04 Å². The van der Waals surface area contributed by atoms with Gasteiger partial charge in [-0.15, -0.1) is 11.3 Å². The molecule has 0 fully saturated rings. The summed E-state index contributed by atoms with van der Waals surface area (Å²) in [6.07, 6.45) is 0. The lowest BCUT2D eigenvalue weighted by Gasteiger charge is -2.17. The minimum absolute atomic E-state index is 0.277. The van der Waals surface area contributed by atoms with Gasteiger partial charge in [-0.3, -0.25) is 4.99 Å². The molecular weight excluding hydrogens is 298 g/mol. The van der Waals surface area contributed by atoms with Crippen LogP contribution in [0.3, 0.4) is 0 Å². The van der Waals surface area contributed by atoms with E-state index in [1.165, 1.54) is 10.4 Å². The van der Waals surface area contributed by atoms with Crippen molar-refractivity contribution in [1.82, 2.24) is 10.6 Å². The number of aliphatic imine (C=N–C) groups is 1. The molecule has 0 aromatic carbocycles. The van der Waals surface area contributed by atoms with Crippen molar-refractivity contribution in [2.45, 2.75) is 32.7 Å². The van der Waals surface area contributed by atoms with E-state index in [4.69, 9.17) is 4.99 Å². The quantitative estimate of drug-likeness (QED) is 0.617. The maximum Gasteiger partial charge on any atom is 0.191 e. The zero-order valence-corrected chi connectivity index (χ0v) is 14.4. The van der Waals surface area contributed by atoms with E-state index in [1.807, 2.05) is 0 Å². The summed E-state index contributed by atoms with van der Waals surface area (Å²) in [5, 5.41) is 13.2. The highest BCUT2D eigenvalue weighted by Crippen LogP contribution is 2.19. The van der Waals surface area contributed by atoms with E-state index >= 15 is 0 Å². The Morgan fingerprint density at radius 1 is 1.29 bits per heavy atom. The van der Waals surface area contributed by atoms with Crippen LogP contribution in [0.25, 0.3) is 0 Å². The summed E-state index contributed by atoms with van der Waals surface area (Å²) in [7, 11) is 0. The molecule has 2 aromatic rings. The first-order valence-corrected chi connectivity index (χ1v) is 9.13. The van der Waals surface area contributed by atoms with Crippen molar-refractivity contribution in [3.05, 3.63) is 44.8 Å². The van der Waals surface area contributed by atoms with Crippen molar-refractivity contribution < 1.29 is 0 Å². The van der Waals surface area contributed by atoms with Crippen molar-refractivity contribution in [2.24, 2.45) is 4.99 Å². The average Bonchev–Trinajstić information content (AvgIpc) is 3.16. The van der Waals surface area contributed by atoms with Gasteiger partial charge in [0, 0.05) is 23.9 Å². The second kappa shape index (κ2) is 8.20. The molecule has 21 heavy (non-hydrogen) atoms. The van der Waals surface area contributed by atoms with Crippen LogP contribution in [0.1, 0.15) is 43.2 Å². The first-order valence-electron chi connectivity index (χ1n) is 7.31. The lowest BCUT2D eigenvalue weighted by molar-refractivity contribution is 0.688. The van der Waals surface area contributed by atoms with Crippen LogP contribution in [0.4, 0.5) is 0 Å². The third kappa shape index (κ3) is 4.86. The van der Waals surface area contributed by atoms with Gasteiger partial charge in [0.2, 0.25) is 0 Å². The smallest absolute Gasteiger partial charge is 0.191 e. The topological polar surface area (TPSA) is 36.4 Å². The molecule has 2 heterocycles. The fourth-order valence-electron chi connectivity index (χ4n) is 2.02. The van der Waals surface area contributed by atoms with E-state index in [9.17, 15) is 0 Å². The van der Waals surface area contributed by atoms with Gasteiger partial charge in [0.1, 0.15) is 0 Å². The molecule has 0 saturated carbocycles. The number of hydrogen-bond donors (Lipinski definition) is 2. The first-order chi connectivity index (χ1) is 10.2. The van der Waals surface area contributed by atoms with Gasteiger partial charge in [-0.2, -0.15) is 11.3 Å². The molecule has 0 bridgehead atoms. The van der Waals surface area contributed by atoms with Gasteiger partial charge in [0.25, 0.3) is 0 Å². The lowest BCUT2D eigenvalue weighted by Crippen LogP contribution is -2.38. The van der Waals surface area contributed by atoms with Crippen LogP contribution in [-0.2, 0) is 0 Å². The monoisotopic (exact) mass is 321 g/mol. The van der Waals surface area contributed by atoms with E-state index in [2.05, 4.69) is 65.7 Å². The third-order valence-corrected chi connectivity index (χ3v) is 5.06. The van der Waals surface area contributed by atoms with Crippen LogP contribution < -0.4 is 10.6 Å². The lowest BCUT2D eigenvalue weighted by atomic mass is 10.1. The van der Waals surface area contributed by atoms with Gasteiger partial charge < -0.3 is 10.6 Å². The molecule has 2 unspecified atom stereocenters. The minimum atomic E-state index is 0.277. The summed E-state index contributed by atoms with van der Waals surface area (Å²) >= 11 is 3.51. The normalized spacial score (nSPS) is 14.7. The number of rotatable bonds is 6. The van der Waals surface area contributed by atoms with Crippen molar-refractivity contribution in [1.29, 1.82) is 0 Å². The summed E-state index contributed by atoms with van der Waals surface area (Å²) in [6.45, 7) is 8.15. The molecule has 2 atom stereocenters. The molecule has 114 valence electrons. The molecule has 2 aromatic heterocycles. The van der Waals surface area contributed by atoms with Crippen molar-refractivity contribution in [3.8, 4) is 0 Å². The zero-order chi connectivity index (χ0) is 15.1. The Labute approximate surface area is 135 Å². The predicted molar refractivity (Wildman–Crippen MR) is 94.6 cm³/mol. The number of guanidine groups is 1. The second-order valence-corrected chi connectivity index (χ2v) is 6.82. The van der Waals surface area contributed by atoms with Crippen LogP contribution in [0.15, 0.2) is 39.3 Å². The molecule has 2 rings (SSSR count). The molecule has 0 aliphatic rings. The first kappa shape index (κ1) is 16.0. The maximum absolute atomic E-state index is 4.72. The summed E-state index contributed by atoms with van der Waals surface area (Å²) in [5.41, 5.74) is 1.37. The van der Waals surface area contributed by atoms with Gasteiger partial charge in [0.15, 0.2) is 5.96 Å². The Bertz CT molecular complexity index is 532. The van der Waals surface area contributed by atoms with Crippen LogP contribution in [0.2, 0.25) is 0 Å². The average molecular weight is 322 g/mol. The fourth-order valence-corrected chi connectivity index (χ4v) is 3.54. The molecular formula is C16H23N3S2. The van der Waals surface area contributed by atoms with E-state index < -0.39 is 0 Å². The standard InChI is InChI=1S/C16H23N3S2/c1-4-17-16(19-13(3)15-6-5-8-21-15)18-10-12(2)14-7-9-20-11-14/h5-9,11-13H,4,10H2,1-3H3,(H2,17,18,19). The van der Waals surface area contributed by atoms with E-state index in [0.29, 0.717) is 5.92 Å². The second-order valence-electron chi connectivity index (χ2n) is 5.06. The highest BCUT2D eigenvalue weighted by molar-refractivity contribution is 7.10. The molecule has 3 nitrogen and oxygen atoms in total. The fraction of sp³-hybridized carbons (Fsp3) is 0.438. The van der Waals surface area contributed by atoms with Crippen LogP contribution in [0, 0.1) is 0 Å². The van der Waals surface area contributed by atoms with E-state index in [1.54, 1.807) is 22.7 Å². The van der Waals surface area contributed by atoms with E-state index in [-0.39, 0.29) is 6.04 Å². The Morgan fingerprint density at radius 3 is 2.76 bits per heavy atom. The molecule has 0 saturated heterocycles. The molecule has 0 radical (unpaired) electrons. The summed E-state index contributed by atoms with van der Waals surface area (Å²) < 4.78 is 0. The SMILES string of the molecule is CCNC(=NCC(C)c1ccsc1)NC(C)c1cccs1. The van der Waals surface area contributed by atoms with Crippen molar-refractivity contribution >= 4 is 28.6 Å². The number of thiophene rings is 2. The Morgan fingerprint density at radius 2 is 2.14 bits per heavy atom. The third-order valence-electron chi connectivity index (χ3n) is 3.30. The van der Waals surface area contributed by atoms with Crippen LogP contribution in [-0.4, -0.2) is 19.0 Å². The van der Waals surface area contributed by atoms with E-state index in [0.717, 1.165) is 19.0 Å². The number of hydrogen-bond acceptors (Lipinski definition) is 3. The molecule has 0 aliphatic heterocycles. The van der Waals surface area contributed by atoms with Gasteiger partial charge in [-0.05, 0) is 47.7 Å². The minimum Gasteiger partial charge on any atom is -0.357 e. The summed E-state index contributed by atoms with van der Waals surface area (Å²) in [5.74, 6) is 1.34.